The molecule has 2 aromatic rings. The maximum absolute atomic E-state index is 12.9. The number of benzene rings is 1. The zero-order valence-electron chi connectivity index (χ0n) is 14.4. The Hall–Kier alpha value is -2.83. The van der Waals surface area contributed by atoms with Gasteiger partial charge in [-0.3, -0.25) is 14.3 Å². The predicted octanol–water partition coefficient (Wildman–Crippen LogP) is 1.27. The van der Waals surface area contributed by atoms with Crippen LogP contribution in [-0.2, 0) is 10.3 Å². The molecule has 7 heteroatoms. The second kappa shape index (κ2) is 6.96. The highest BCUT2D eigenvalue weighted by molar-refractivity contribution is 5.95. The van der Waals surface area contributed by atoms with Crippen LogP contribution < -0.4 is 10.1 Å². The molecule has 3 rings (SSSR count). The highest BCUT2D eigenvalue weighted by atomic mass is 16.5. The number of hydrogen-bond acceptors (Lipinski definition) is 4. The topological polar surface area (TPSA) is 76.5 Å². The molecular weight excluding hydrogens is 320 g/mol. The number of carbonyl (C=O) groups excluding carboxylic acids is 2. The van der Waals surface area contributed by atoms with Gasteiger partial charge in [-0.05, 0) is 43.2 Å². The Labute approximate surface area is 146 Å². The minimum absolute atomic E-state index is 0.0946. The molecule has 1 aromatic heterocycles. The van der Waals surface area contributed by atoms with E-state index in [2.05, 4.69) is 10.4 Å². The summed E-state index contributed by atoms with van der Waals surface area (Å²) >= 11 is 0. The molecule has 1 saturated heterocycles. The van der Waals surface area contributed by atoms with E-state index in [-0.39, 0.29) is 11.8 Å². The van der Waals surface area contributed by atoms with Gasteiger partial charge in [-0.15, -0.1) is 0 Å². The molecule has 1 aliphatic heterocycles. The summed E-state index contributed by atoms with van der Waals surface area (Å²) in [6.07, 6.45) is 4.79. The van der Waals surface area contributed by atoms with E-state index in [4.69, 9.17) is 4.74 Å². The monoisotopic (exact) mass is 342 g/mol. The molecule has 25 heavy (non-hydrogen) atoms. The van der Waals surface area contributed by atoms with Crippen molar-refractivity contribution in [3.63, 3.8) is 0 Å². The van der Waals surface area contributed by atoms with Gasteiger partial charge < -0.3 is 15.0 Å². The molecule has 1 fully saturated rings. The van der Waals surface area contributed by atoms with Gasteiger partial charge in [0.1, 0.15) is 5.75 Å². The second-order valence-electron chi connectivity index (χ2n) is 6.12. The summed E-state index contributed by atoms with van der Waals surface area (Å²) in [5.41, 5.74) is -0.299. The number of aromatic nitrogens is 2. The number of amides is 2. The minimum atomic E-state index is -0.876. The van der Waals surface area contributed by atoms with Gasteiger partial charge in [-0.1, -0.05) is 0 Å². The first-order chi connectivity index (χ1) is 12.1. The van der Waals surface area contributed by atoms with Crippen LogP contribution in [0.25, 0.3) is 0 Å². The van der Waals surface area contributed by atoms with Gasteiger partial charge >= 0.3 is 0 Å². The SMILES string of the molecule is CNC(=O)C1(n2cccn2)CCCN(C(=O)c2ccc(OC)cc2)C1. The van der Waals surface area contributed by atoms with Crippen LogP contribution in [0.4, 0.5) is 0 Å². The lowest BCUT2D eigenvalue weighted by Crippen LogP contribution is -2.59. The van der Waals surface area contributed by atoms with Crippen LogP contribution in [0, 0.1) is 0 Å². The van der Waals surface area contributed by atoms with Crippen molar-refractivity contribution in [3.05, 3.63) is 48.3 Å². The lowest BCUT2D eigenvalue weighted by molar-refractivity contribution is -0.132. The van der Waals surface area contributed by atoms with Crippen LogP contribution in [0.5, 0.6) is 5.75 Å². The summed E-state index contributed by atoms with van der Waals surface area (Å²) in [5, 5.41) is 7.00. The first kappa shape index (κ1) is 17.0. The van der Waals surface area contributed by atoms with Gasteiger partial charge in [0.25, 0.3) is 5.91 Å². The van der Waals surface area contributed by atoms with Crippen LogP contribution in [0.15, 0.2) is 42.7 Å². The van der Waals surface area contributed by atoms with E-state index in [9.17, 15) is 9.59 Å². The van der Waals surface area contributed by atoms with Crippen molar-refractivity contribution < 1.29 is 14.3 Å². The summed E-state index contributed by atoms with van der Waals surface area (Å²) in [5.74, 6) is 0.470. The fourth-order valence-corrected chi connectivity index (χ4v) is 3.36. The van der Waals surface area contributed by atoms with Crippen molar-refractivity contribution in [1.29, 1.82) is 0 Å². The molecule has 0 radical (unpaired) electrons. The average molecular weight is 342 g/mol. The number of piperidine rings is 1. The van der Waals surface area contributed by atoms with Gasteiger partial charge in [0.15, 0.2) is 5.54 Å². The Morgan fingerprint density at radius 2 is 2.04 bits per heavy atom. The second-order valence-corrected chi connectivity index (χ2v) is 6.12. The number of likely N-dealkylation sites (N-methyl/N-ethyl adjacent to an activating group) is 1. The van der Waals surface area contributed by atoms with E-state index in [0.717, 1.165) is 6.42 Å². The van der Waals surface area contributed by atoms with Gasteiger partial charge in [0.2, 0.25) is 5.91 Å². The molecule has 1 N–H and O–H groups in total. The Morgan fingerprint density at radius 1 is 1.28 bits per heavy atom. The van der Waals surface area contributed by atoms with E-state index < -0.39 is 5.54 Å². The summed E-state index contributed by atoms with van der Waals surface area (Å²) < 4.78 is 6.80. The van der Waals surface area contributed by atoms with Crippen molar-refractivity contribution in [2.75, 3.05) is 27.2 Å². The van der Waals surface area contributed by atoms with Crippen LogP contribution in [0.1, 0.15) is 23.2 Å². The molecule has 1 aromatic carbocycles. The Balaban J connectivity index is 1.87. The molecule has 7 nitrogen and oxygen atoms in total. The molecule has 0 bridgehead atoms. The zero-order valence-corrected chi connectivity index (χ0v) is 14.4. The van der Waals surface area contributed by atoms with E-state index in [1.54, 1.807) is 66.5 Å². The fraction of sp³-hybridized carbons (Fsp3) is 0.389. The third-order valence-electron chi connectivity index (χ3n) is 4.69. The lowest BCUT2D eigenvalue weighted by atomic mass is 9.87. The summed E-state index contributed by atoms with van der Waals surface area (Å²) in [7, 11) is 3.20. The quantitative estimate of drug-likeness (QED) is 0.908. The maximum atomic E-state index is 12.9. The van der Waals surface area contributed by atoms with Crippen molar-refractivity contribution in [2.24, 2.45) is 0 Å². The highest BCUT2D eigenvalue weighted by Gasteiger charge is 2.45. The van der Waals surface area contributed by atoms with Crippen LogP contribution in [0.2, 0.25) is 0 Å². The van der Waals surface area contributed by atoms with Crippen LogP contribution >= 0.6 is 0 Å². The number of ether oxygens (including phenoxy) is 1. The van der Waals surface area contributed by atoms with Gasteiger partial charge in [-0.2, -0.15) is 5.10 Å². The van der Waals surface area contributed by atoms with E-state index in [0.29, 0.717) is 30.8 Å². The molecule has 1 unspecified atom stereocenters. The number of rotatable bonds is 4. The van der Waals surface area contributed by atoms with Crippen LogP contribution in [-0.4, -0.2) is 53.7 Å². The van der Waals surface area contributed by atoms with Gasteiger partial charge in [0.05, 0.1) is 13.7 Å². The Bertz CT molecular complexity index is 742. The van der Waals surface area contributed by atoms with E-state index >= 15 is 0 Å². The predicted molar refractivity (Wildman–Crippen MR) is 92.4 cm³/mol. The first-order valence-electron chi connectivity index (χ1n) is 8.26. The Morgan fingerprint density at radius 3 is 2.64 bits per heavy atom. The number of nitrogens with one attached hydrogen (secondary N) is 1. The number of methoxy groups -OCH3 is 1. The number of nitrogens with zero attached hydrogens (tertiary/aromatic N) is 3. The highest BCUT2D eigenvalue weighted by Crippen LogP contribution is 2.29. The molecule has 2 heterocycles. The molecule has 0 saturated carbocycles. The van der Waals surface area contributed by atoms with Crippen molar-refractivity contribution in [1.82, 2.24) is 20.0 Å². The molecule has 1 atom stereocenters. The van der Waals surface area contributed by atoms with Crippen molar-refractivity contribution in [3.8, 4) is 5.75 Å². The molecule has 0 aliphatic carbocycles. The summed E-state index contributed by atoms with van der Waals surface area (Å²) in [6, 6.07) is 8.79. The summed E-state index contributed by atoms with van der Waals surface area (Å²) in [6.45, 7) is 0.907. The van der Waals surface area contributed by atoms with Gasteiger partial charge in [0, 0.05) is 31.5 Å². The van der Waals surface area contributed by atoms with Crippen molar-refractivity contribution >= 4 is 11.8 Å². The molecule has 132 valence electrons. The van der Waals surface area contributed by atoms with Gasteiger partial charge in [-0.25, -0.2) is 0 Å². The zero-order chi connectivity index (χ0) is 17.9. The third kappa shape index (κ3) is 3.09. The molecule has 2 amide bonds. The Kier molecular flexibility index (Phi) is 4.74. The normalized spacial score (nSPS) is 20.2. The van der Waals surface area contributed by atoms with E-state index in [1.807, 2.05) is 0 Å². The van der Waals surface area contributed by atoms with Crippen LogP contribution in [0.3, 0.4) is 0 Å². The first-order valence-corrected chi connectivity index (χ1v) is 8.26. The number of hydrogen-bond donors (Lipinski definition) is 1. The molecule has 1 aliphatic rings. The smallest absolute Gasteiger partial charge is 0.253 e. The number of carbonyl (C=O) groups is 2. The average Bonchev–Trinajstić information content (AvgIpc) is 3.22. The van der Waals surface area contributed by atoms with E-state index in [1.165, 1.54) is 0 Å². The molecule has 0 spiro atoms. The fourth-order valence-electron chi connectivity index (χ4n) is 3.36. The molecular formula is C18H22N4O3. The third-order valence-corrected chi connectivity index (χ3v) is 4.69. The number of likely N-dealkylation sites (tertiary alicyclic amines) is 1. The van der Waals surface area contributed by atoms with Crippen molar-refractivity contribution in [2.45, 2.75) is 18.4 Å². The largest absolute Gasteiger partial charge is 0.497 e. The standard InChI is InChI=1S/C18H22N4O3/c1-19-17(24)18(22-12-4-10-20-22)9-3-11-21(13-18)16(23)14-5-7-15(25-2)8-6-14/h4-8,10,12H,3,9,11,13H2,1-2H3,(H,19,24). The summed E-state index contributed by atoms with van der Waals surface area (Å²) in [4.78, 5) is 27.3. The lowest BCUT2D eigenvalue weighted by Gasteiger charge is -2.41. The maximum Gasteiger partial charge on any atom is 0.253 e. The minimum Gasteiger partial charge on any atom is -0.497 e.